The third-order valence-electron chi connectivity index (χ3n) is 4.59. The van der Waals surface area contributed by atoms with Gasteiger partial charge in [0.05, 0.1) is 0 Å². The zero-order chi connectivity index (χ0) is 15.1. The molecule has 4 nitrogen and oxygen atoms in total. The van der Waals surface area contributed by atoms with Crippen molar-refractivity contribution in [1.82, 2.24) is 4.90 Å². The second kappa shape index (κ2) is 6.31. The molecule has 1 saturated heterocycles. The minimum Gasteiger partial charge on any atom is -0.450 e. The highest BCUT2D eigenvalue weighted by Crippen LogP contribution is 2.32. The van der Waals surface area contributed by atoms with Gasteiger partial charge in [-0.15, -0.1) is 12.4 Å². The summed E-state index contributed by atoms with van der Waals surface area (Å²) in [4.78, 5) is 14.7. The zero-order valence-corrected chi connectivity index (χ0v) is 14.1. The highest BCUT2D eigenvalue weighted by atomic mass is 35.5. The summed E-state index contributed by atoms with van der Waals surface area (Å²) in [5.74, 6) is 0.457. The molecule has 1 amide bonds. The van der Waals surface area contributed by atoms with Gasteiger partial charge >= 0.3 is 0 Å². The van der Waals surface area contributed by atoms with Crippen LogP contribution in [-0.2, 0) is 0 Å². The van der Waals surface area contributed by atoms with E-state index < -0.39 is 0 Å². The van der Waals surface area contributed by atoms with E-state index >= 15 is 0 Å². The van der Waals surface area contributed by atoms with E-state index in [0.29, 0.717) is 12.3 Å². The number of benzene rings is 1. The fourth-order valence-electron chi connectivity index (χ4n) is 3.36. The van der Waals surface area contributed by atoms with Crippen LogP contribution in [0.1, 0.15) is 40.1 Å². The lowest BCUT2D eigenvalue weighted by Gasteiger charge is -2.22. The highest BCUT2D eigenvalue weighted by molar-refractivity contribution is 6.00. The first-order chi connectivity index (χ1) is 10.0. The Hall–Kier alpha value is -1.52. The molecular weight excluding hydrogens is 300 g/mol. The molecule has 1 aliphatic rings. The number of nitrogens with two attached hydrogens (primary N) is 1. The van der Waals surface area contributed by atoms with E-state index in [-0.39, 0.29) is 24.4 Å². The minimum absolute atomic E-state index is 0. The quantitative estimate of drug-likeness (QED) is 0.922. The first-order valence-electron chi connectivity index (χ1n) is 7.55. The summed E-state index contributed by atoms with van der Waals surface area (Å²) in [5, 5.41) is 1.07. The van der Waals surface area contributed by atoms with Crippen molar-refractivity contribution in [1.29, 1.82) is 0 Å². The van der Waals surface area contributed by atoms with Gasteiger partial charge in [0, 0.05) is 30.1 Å². The van der Waals surface area contributed by atoms with Crippen molar-refractivity contribution in [2.75, 3.05) is 13.1 Å². The van der Waals surface area contributed by atoms with Crippen LogP contribution in [0.2, 0.25) is 0 Å². The van der Waals surface area contributed by atoms with Crippen molar-refractivity contribution in [3.8, 4) is 0 Å². The third kappa shape index (κ3) is 2.50. The van der Waals surface area contributed by atoms with E-state index in [1.807, 2.05) is 24.8 Å². The molecule has 1 aliphatic heterocycles. The zero-order valence-electron chi connectivity index (χ0n) is 13.3. The summed E-state index contributed by atoms with van der Waals surface area (Å²) in [6.45, 7) is 7.33. The number of aryl methyl sites for hydroxylation is 3. The lowest BCUT2D eigenvalue weighted by molar-refractivity contribution is 0.0710. The van der Waals surface area contributed by atoms with Crippen molar-refractivity contribution < 1.29 is 9.21 Å². The summed E-state index contributed by atoms with van der Waals surface area (Å²) in [7, 11) is 0. The van der Waals surface area contributed by atoms with Crippen LogP contribution in [0.25, 0.3) is 11.0 Å². The van der Waals surface area contributed by atoms with Gasteiger partial charge < -0.3 is 15.1 Å². The molecule has 5 heteroatoms. The van der Waals surface area contributed by atoms with Gasteiger partial charge in [0.25, 0.3) is 5.91 Å². The molecule has 1 aromatic heterocycles. The average molecular weight is 323 g/mol. The molecule has 1 unspecified atom stereocenters. The van der Waals surface area contributed by atoms with Gasteiger partial charge in [-0.3, -0.25) is 4.79 Å². The van der Waals surface area contributed by atoms with Crippen molar-refractivity contribution in [3.63, 3.8) is 0 Å². The van der Waals surface area contributed by atoms with Crippen LogP contribution in [0.5, 0.6) is 0 Å². The monoisotopic (exact) mass is 322 g/mol. The number of hydrogen-bond acceptors (Lipinski definition) is 3. The van der Waals surface area contributed by atoms with Gasteiger partial charge in [-0.1, -0.05) is 12.1 Å². The Labute approximate surface area is 137 Å². The molecule has 2 heterocycles. The number of rotatable bonds is 2. The van der Waals surface area contributed by atoms with Crippen LogP contribution >= 0.6 is 12.4 Å². The van der Waals surface area contributed by atoms with Gasteiger partial charge in [0.1, 0.15) is 5.58 Å². The number of carbonyl (C=O) groups is 1. The maximum atomic E-state index is 12.8. The number of amides is 1. The number of furan rings is 1. The van der Waals surface area contributed by atoms with Crippen molar-refractivity contribution in [2.24, 2.45) is 5.73 Å². The molecule has 0 radical (unpaired) electrons. The van der Waals surface area contributed by atoms with E-state index in [0.717, 1.165) is 47.0 Å². The van der Waals surface area contributed by atoms with Gasteiger partial charge in [-0.2, -0.15) is 0 Å². The Morgan fingerprint density at radius 1 is 1.32 bits per heavy atom. The van der Waals surface area contributed by atoms with Crippen LogP contribution in [0.3, 0.4) is 0 Å². The highest BCUT2D eigenvalue weighted by Gasteiger charge is 2.32. The Morgan fingerprint density at radius 3 is 2.64 bits per heavy atom. The second-order valence-corrected chi connectivity index (χ2v) is 5.99. The van der Waals surface area contributed by atoms with Gasteiger partial charge in [0.2, 0.25) is 0 Å². The molecule has 0 bridgehead atoms. The first kappa shape index (κ1) is 16.8. The van der Waals surface area contributed by atoms with E-state index in [4.69, 9.17) is 10.2 Å². The largest absolute Gasteiger partial charge is 0.450 e. The van der Waals surface area contributed by atoms with Gasteiger partial charge in [-0.25, -0.2) is 0 Å². The Morgan fingerprint density at radius 2 is 2.00 bits per heavy atom. The molecule has 3 rings (SSSR count). The molecule has 2 N–H and O–H groups in total. The fourth-order valence-corrected chi connectivity index (χ4v) is 3.36. The molecule has 1 fully saturated rings. The molecule has 0 spiro atoms. The molecule has 1 aromatic carbocycles. The van der Waals surface area contributed by atoms with Crippen molar-refractivity contribution in [2.45, 2.75) is 39.7 Å². The first-order valence-corrected chi connectivity index (χ1v) is 7.55. The normalized spacial score (nSPS) is 17.8. The average Bonchev–Trinajstić information content (AvgIpc) is 3.07. The Bertz CT molecular complexity index is 708. The lowest BCUT2D eigenvalue weighted by Crippen LogP contribution is -2.40. The third-order valence-corrected chi connectivity index (χ3v) is 4.59. The molecule has 120 valence electrons. The van der Waals surface area contributed by atoms with Crippen LogP contribution in [0, 0.1) is 20.8 Å². The standard InChI is InChI=1S/C17H22N2O2.ClH/c1-10-6-7-11(2)15-14(10)12(3)16(21-15)17(20)19-8-4-5-13(19)9-18;/h6-7,13H,4-5,8-9,18H2,1-3H3;1H. The lowest BCUT2D eigenvalue weighted by atomic mass is 10.0. The number of carbonyl (C=O) groups excluding carboxylic acids is 1. The molecule has 2 aromatic rings. The number of fused-ring (bicyclic) bond motifs is 1. The van der Waals surface area contributed by atoms with Crippen LogP contribution in [-0.4, -0.2) is 29.9 Å². The number of likely N-dealkylation sites (tertiary alicyclic amines) is 1. The van der Waals surface area contributed by atoms with Crippen LogP contribution < -0.4 is 5.73 Å². The topological polar surface area (TPSA) is 59.5 Å². The predicted octanol–water partition coefficient (Wildman–Crippen LogP) is 3.34. The maximum Gasteiger partial charge on any atom is 0.290 e. The van der Waals surface area contributed by atoms with Crippen LogP contribution in [0.15, 0.2) is 16.5 Å². The number of halogens is 1. The predicted molar refractivity (Wildman–Crippen MR) is 90.8 cm³/mol. The Kier molecular flexibility index (Phi) is 4.83. The van der Waals surface area contributed by atoms with Crippen molar-refractivity contribution >= 4 is 29.3 Å². The number of hydrogen-bond donors (Lipinski definition) is 1. The van der Waals surface area contributed by atoms with E-state index in [2.05, 4.69) is 13.0 Å². The van der Waals surface area contributed by atoms with E-state index in [1.54, 1.807) is 0 Å². The summed E-state index contributed by atoms with van der Waals surface area (Å²) < 4.78 is 5.95. The fraction of sp³-hybridized carbons (Fsp3) is 0.471. The summed E-state index contributed by atoms with van der Waals surface area (Å²) in [5.41, 5.74) is 9.76. The molecule has 0 aliphatic carbocycles. The van der Waals surface area contributed by atoms with E-state index in [9.17, 15) is 4.79 Å². The number of nitrogens with zero attached hydrogens (tertiary/aromatic N) is 1. The smallest absolute Gasteiger partial charge is 0.290 e. The van der Waals surface area contributed by atoms with Crippen molar-refractivity contribution in [3.05, 3.63) is 34.6 Å². The van der Waals surface area contributed by atoms with Crippen LogP contribution in [0.4, 0.5) is 0 Å². The van der Waals surface area contributed by atoms with Gasteiger partial charge in [-0.05, 0) is 44.7 Å². The summed E-state index contributed by atoms with van der Waals surface area (Å²) >= 11 is 0. The van der Waals surface area contributed by atoms with Gasteiger partial charge in [0.15, 0.2) is 5.76 Å². The van der Waals surface area contributed by atoms with E-state index in [1.165, 1.54) is 0 Å². The second-order valence-electron chi connectivity index (χ2n) is 5.99. The minimum atomic E-state index is -0.0181. The Balaban J connectivity index is 0.00000176. The molecule has 1 atom stereocenters. The maximum absolute atomic E-state index is 12.8. The molecule has 0 saturated carbocycles. The molecule has 22 heavy (non-hydrogen) atoms. The summed E-state index contributed by atoms with van der Waals surface area (Å²) in [6.07, 6.45) is 2.00. The summed E-state index contributed by atoms with van der Waals surface area (Å²) in [6, 6.07) is 4.26. The SMILES string of the molecule is Cc1ccc(C)c2c(C)c(C(=O)N3CCCC3CN)oc12.Cl. The molecular formula is C17H23ClN2O2.